The first-order chi connectivity index (χ1) is 14.8. The molecule has 3 heterocycles. The van der Waals surface area contributed by atoms with Crippen LogP contribution in [-0.4, -0.2) is 20.7 Å². The third-order valence-electron chi connectivity index (χ3n) is 5.44. The van der Waals surface area contributed by atoms with Gasteiger partial charge in [-0.15, -0.1) is 10.2 Å². The van der Waals surface area contributed by atoms with Crippen LogP contribution in [0, 0.1) is 0 Å². The number of nitrogens with one attached hydrogen (secondary N) is 1. The Kier molecular flexibility index (Phi) is 4.89. The number of benzene rings is 2. The molecule has 0 bridgehead atoms. The first-order valence-corrected chi connectivity index (χ1v) is 10.3. The van der Waals surface area contributed by atoms with Crippen LogP contribution >= 0.6 is 0 Å². The monoisotopic (exact) mass is 398 g/mol. The predicted octanol–water partition coefficient (Wildman–Crippen LogP) is 5.18. The van der Waals surface area contributed by atoms with Crippen molar-refractivity contribution in [2.45, 2.75) is 32.2 Å². The Morgan fingerprint density at radius 3 is 2.70 bits per heavy atom. The van der Waals surface area contributed by atoms with E-state index < -0.39 is 0 Å². The van der Waals surface area contributed by atoms with E-state index in [0.717, 1.165) is 54.1 Å². The maximum absolute atomic E-state index is 12.9. The van der Waals surface area contributed by atoms with Crippen molar-refractivity contribution in [1.29, 1.82) is 0 Å². The van der Waals surface area contributed by atoms with Crippen molar-refractivity contribution in [3.63, 3.8) is 0 Å². The van der Waals surface area contributed by atoms with Crippen molar-refractivity contribution in [3.8, 4) is 22.5 Å². The molecule has 1 amide bonds. The van der Waals surface area contributed by atoms with Crippen molar-refractivity contribution in [1.82, 2.24) is 14.8 Å². The lowest BCUT2D eigenvalue weighted by atomic mass is 10.1. The minimum absolute atomic E-state index is 0.281. The molecule has 0 spiro atoms. The summed E-state index contributed by atoms with van der Waals surface area (Å²) in [7, 11) is 0. The summed E-state index contributed by atoms with van der Waals surface area (Å²) in [5, 5.41) is 11.8. The van der Waals surface area contributed by atoms with Gasteiger partial charge in [0.15, 0.2) is 11.6 Å². The van der Waals surface area contributed by atoms with Gasteiger partial charge in [-0.3, -0.25) is 4.79 Å². The molecule has 4 aromatic rings. The summed E-state index contributed by atoms with van der Waals surface area (Å²) in [6.45, 7) is 0.932. The maximum atomic E-state index is 12.9. The van der Waals surface area contributed by atoms with Crippen LogP contribution in [0.5, 0.6) is 0 Å². The summed E-state index contributed by atoms with van der Waals surface area (Å²) in [5.41, 5.74) is 3.35. The SMILES string of the molecule is O=C(Nc1cccc(-c2nnc3n2CCCCC3)c1)c1occc1-c1ccccc1. The standard InChI is InChI=1S/C24H22N4O2/c29-24(22-20(13-15-30-22)17-8-3-1-4-9-17)25-19-11-7-10-18(16-19)23-27-26-21-12-5-2-6-14-28(21)23/h1,3-4,7-11,13,15-16H,2,5-6,12,14H2,(H,25,29). The predicted molar refractivity (Wildman–Crippen MR) is 115 cm³/mol. The molecule has 2 aromatic carbocycles. The van der Waals surface area contributed by atoms with E-state index in [1.54, 1.807) is 6.26 Å². The number of amides is 1. The molecule has 150 valence electrons. The van der Waals surface area contributed by atoms with Gasteiger partial charge in [0.2, 0.25) is 0 Å². The molecule has 30 heavy (non-hydrogen) atoms. The van der Waals surface area contributed by atoms with Gasteiger partial charge in [0, 0.05) is 29.8 Å². The Bertz CT molecular complexity index is 1180. The molecule has 1 N–H and O–H groups in total. The molecule has 5 rings (SSSR count). The lowest BCUT2D eigenvalue weighted by Crippen LogP contribution is -2.12. The number of furan rings is 1. The van der Waals surface area contributed by atoms with E-state index in [2.05, 4.69) is 20.1 Å². The number of anilines is 1. The van der Waals surface area contributed by atoms with Crippen LogP contribution in [0.15, 0.2) is 71.3 Å². The van der Waals surface area contributed by atoms with E-state index in [-0.39, 0.29) is 5.91 Å². The van der Waals surface area contributed by atoms with Gasteiger partial charge in [0.05, 0.1) is 6.26 Å². The Hall–Kier alpha value is -3.67. The highest BCUT2D eigenvalue weighted by Gasteiger charge is 2.19. The van der Waals surface area contributed by atoms with Gasteiger partial charge in [-0.25, -0.2) is 0 Å². The van der Waals surface area contributed by atoms with E-state index in [1.807, 2.05) is 60.7 Å². The molecular formula is C24H22N4O2. The molecule has 6 nitrogen and oxygen atoms in total. The lowest BCUT2D eigenvalue weighted by Gasteiger charge is -2.09. The first-order valence-electron chi connectivity index (χ1n) is 10.3. The number of aryl methyl sites for hydroxylation is 1. The second-order valence-electron chi connectivity index (χ2n) is 7.47. The second kappa shape index (κ2) is 7.99. The van der Waals surface area contributed by atoms with Crippen LogP contribution in [-0.2, 0) is 13.0 Å². The molecule has 2 aromatic heterocycles. The van der Waals surface area contributed by atoms with Crippen molar-refractivity contribution >= 4 is 11.6 Å². The van der Waals surface area contributed by atoms with Crippen molar-refractivity contribution in [3.05, 3.63) is 78.5 Å². The average molecular weight is 398 g/mol. The number of carbonyl (C=O) groups excluding carboxylic acids is 1. The van der Waals surface area contributed by atoms with Crippen LogP contribution in [0.3, 0.4) is 0 Å². The Morgan fingerprint density at radius 2 is 1.80 bits per heavy atom. The first kappa shape index (κ1) is 18.4. The van der Waals surface area contributed by atoms with Crippen molar-refractivity contribution in [2.24, 2.45) is 0 Å². The fourth-order valence-electron chi connectivity index (χ4n) is 3.95. The third-order valence-corrected chi connectivity index (χ3v) is 5.44. The zero-order chi connectivity index (χ0) is 20.3. The summed E-state index contributed by atoms with van der Waals surface area (Å²) in [5.74, 6) is 1.91. The topological polar surface area (TPSA) is 73.0 Å². The number of nitrogens with zero attached hydrogens (tertiary/aromatic N) is 3. The highest BCUT2D eigenvalue weighted by Crippen LogP contribution is 2.27. The van der Waals surface area contributed by atoms with Gasteiger partial charge in [-0.05, 0) is 36.6 Å². The largest absolute Gasteiger partial charge is 0.459 e. The highest BCUT2D eigenvalue weighted by atomic mass is 16.3. The van der Waals surface area contributed by atoms with Gasteiger partial charge in [0.1, 0.15) is 5.82 Å². The summed E-state index contributed by atoms with van der Waals surface area (Å²) in [6.07, 6.45) is 6.01. The Labute approximate surface area is 174 Å². The smallest absolute Gasteiger partial charge is 0.292 e. The Morgan fingerprint density at radius 1 is 0.933 bits per heavy atom. The van der Waals surface area contributed by atoms with Crippen LogP contribution in [0.1, 0.15) is 35.6 Å². The molecule has 1 aliphatic heterocycles. The zero-order valence-corrected chi connectivity index (χ0v) is 16.5. The van der Waals surface area contributed by atoms with Gasteiger partial charge >= 0.3 is 0 Å². The maximum Gasteiger partial charge on any atom is 0.292 e. The van der Waals surface area contributed by atoms with Gasteiger partial charge < -0.3 is 14.3 Å². The Balaban J connectivity index is 1.41. The molecule has 0 saturated heterocycles. The molecule has 1 aliphatic rings. The molecule has 0 radical (unpaired) electrons. The molecule has 0 saturated carbocycles. The van der Waals surface area contributed by atoms with Crippen molar-refractivity contribution < 1.29 is 9.21 Å². The number of hydrogen-bond acceptors (Lipinski definition) is 4. The molecular weight excluding hydrogens is 376 g/mol. The normalized spacial score (nSPS) is 13.5. The van der Waals surface area contributed by atoms with E-state index in [9.17, 15) is 4.79 Å². The molecule has 6 heteroatoms. The summed E-state index contributed by atoms with van der Waals surface area (Å²) >= 11 is 0. The number of carbonyl (C=O) groups is 1. The summed E-state index contributed by atoms with van der Waals surface area (Å²) < 4.78 is 7.71. The fraction of sp³-hybridized carbons (Fsp3) is 0.208. The minimum atomic E-state index is -0.281. The number of hydrogen-bond donors (Lipinski definition) is 1. The molecule has 0 fully saturated rings. The van der Waals surface area contributed by atoms with Crippen LogP contribution in [0.25, 0.3) is 22.5 Å². The van der Waals surface area contributed by atoms with E-state index in [1.165, 1.54) is 6.42 Å². The molecule has 0 atom stereocenters. The average Bonchev–Trinajstić information content (AvgIpc) is 3.36. The summed E-state index contributed by atoms with van der Waals surface area (Å²) in [6, 6.07) is 19.3. The highest BCUT2D eigenvalue weighted by molar-refractivity contribution is 6.06. The molecule has 0 unspecified atom stereocenters. The van der Waals surface area contributed by atoms with E-state index >= 15 is 0 Å². The second-order valence-corrected chi connectivity index (χ2v) is 7.47. The van der Waals surface area contributed by atoms with Gasteiger partial charge in [-0.1, -0.05) is 48.9 Å². The summed E-state index contributed by atoms with van der Waals surface area (Å²) in [4.78, 5) is 12.9. The molecule has 0 aliphatic carbocycles. The lowest BCUT2D eigenvalue weighted by molar-refractivity contribution is 0.0997. The fourth-order valence-corrected chi connectivity index (χ4v) is 3.95. The van der Waals surface area contributed by atoms with Gasteiger partial charge in [0.25, 0.3) is 5.91 Å². The van der Waals surface area contributed by atoms with Crippen molar-refractivity contribution in [2.75, 3.05) is 5.32 Å². The van der Waals surface area contributed by atoms with Crippen LogP contribution in [0.2, 0.25) is 0 Å². The van der Waals surface area contributed by atoms with Gasteiger partial charge in [-0.2, -0.15) is 0 Å². The van der Waals surface area contributed by atoms with Crippen LogP contribution < -0.4 is 5.32 Å². The quantitative estimate of drug-likeness (QED) is 0.514. The number of aromatic nitrogens is 3. The van der Waals surface area contributed by atoms with Crippen LogP contribution in [0.4, 0.5) is 5.69 Å². The minimum Gasteiger partial charge on any atom is -0.459 e. The van der Waals surface area contributed by atoms with E-state index in [4.69, 9.17) is 4.42 Å². The zero-order valence-electron chi connectivity index (χ0n) is 16.5. The number of fused-ring (bicyclic) bond motifs is 1. The number of rotatable bonds is 4. The third kappa shape index (κ3) is 3.52. The van der Waals surface area contributed by atoms with E-state index in [0.29, 0.717) is 11.4 Å².